The van der Waals surface area contributed by atoms with Crippen molar-refractivity contribution in [3.05, 3.63) is 18.0 Å². The summed E-state index contributed by atoms with van der Waals surface area (Å²) in [6.07, 6.45) is 1.80. The molecule has 1 aromatic heterocycles. The Bertz CT molecular complexity index is 287. The molecule has 4 heteroatoms. The molecule has 0 fully saturated rings. The van der Waals surface area contributed by atoms with Crippen LogP contribution in [0.25, 0.3) is 0 Å². The van der Waals surface area contributed by atoms with Crippen molar-refractivity contribution in [2.24, 2.45) is 0 Å². The van der Waals surface area contributed by atoms with Gasteiger partial charge in [-0.15, -0.1) is 12.4 Å². The summed E-state index contributed by atoms with van der Waals surface area (Å²) in [6.45, 7) is 7.12. The van der Waals surface area contributed by atoms with E-state index in [0.717, 1.165) is 23.6 Å². The number of anilines is 2. The van der Waals surface area contributed by atoms with Crippen LogP contribution in [0.5, 0.6) is 0 Å². The zero-order valence-electron chi connectivity index (χ0n) is 8.87. The minimum Gasteiger partial charge on any atom is -0.397 e. The molecule has 0 aliphatic heterocycles. The largest absolute Gasteiger partial charge is 0.397 e. The first-order valence-corrected chi connectivity index (χ1v) is 4.64. The van der Waals surface area contributed by atoms with Crippen molar-refractivity contribution in [2.75, 3.05) is 17.6 Å². The molecule has 0 aliphatic rings. The fourth-order valence-electron chi connectivity index (χ4n) is 1.14. The number of rotatable bonds is 3. The van der Waals surface area contributed by atoms with Crippen LogP contribution < -0.4 is 11.1 Å². The van der Waals surface area contributed by atoms with E-state index in [1.54, 1.807) is 6.20 Å². The zero-order chi connectivity index (χ0) is 9.84. The lowest BCUT2D eigenvalue weighted by atomic mass is 10.1. The van der Waals surface area contributed by atoms with E-state index in [2.05, 4.69) is 24.1 Å². The molecule has 80 valence electrons. The van der Waals surface area contributed by atoms with Gasteiger partial charge < -0.3 is 11.1 Å². The third-order valence-corrected chi connectivity index (χ3v) is 1.92. The van der Waals surface area contributed by atoms with Crippen molar-refractivity contribution < 1.29 is 0 Å². The van der Waals surface area contributed by atoms with Gasteiger partial charge in [0.05, 0.1) is 17.6 Å². The summed E-state index contributed by atoms with van der Waals surface area (Å²) in [5, 5.41) is 3.15. The predicted octanol–water partition coefficient (Wildman–Crippen LogP) is 2.64. The lowest BCUT2D eigenvalue weighted by Gasteiger charge is -2.09. The maximum Gasteiger partial charge on any atom is 0.0760 e. The van der Waals surface area contributed by atoms with Crippen molar-refractivity contribution in [3.63, 3.8) is 0 Å². The van der Waals surface area contributed by atoms with Crippen LogP contribution in [0.3, 0.4) is 0 Å². The molecule has 1 aromatic rings. The summed E-state index contributed by atoms with van der Waals surface area (Å²) < 4.78 is 0. The highest BCUT2D eigenvalue weighted by Gasteiger charge is 2.03. The topological polar surface area (TPSA) is 50.9 Å². The number of aromatic nitrogens is 1. The van der Waals surface area contributed by atoms with Gasteiger partial charge in [0.1, 0.15) is 0 Å². The van der Waals surface area contributed by atoms with Crippen LogP contribution in [-0.4, -0.2) is 11.5 Å². The molecule has 0 amide bonds. The van der Waals surface area contributed by atoms with Crippen LogP contribution in [0.4, 0.5) is 11.4 Å². The Hall–Kier alpha value is -0.960. The third-order valence-electron chi connectivity index (χ3n) is 1.92. The van der Waals surface area contributed by atoms with Gasteiger partial charge in [-0.1, -0.05) is 13.8 Å². The van der Waals surface area contributed by atoms with Crippen LogP contribution in [0.15, 0.2) is 12.3 Å². The third kappa shape index (κ3) is 3.07. The summed E-state index contributed by atoms with van der Waals surface area (Å²) in [6, 6.07) is 1.93. The van der Waals surface area contributed by atoms with Gasteiger partial charge in [0.25, 0.3) is 0 Å². The maximum atomic E-state index is 5.84. The maximum absolute atomic E-state index is 5.84. The lowest BCUT2D eigenvalue weighted by Crippen LogP contribution is -2.03. The summed E-state index contributed by atoms with van der Waals surface area (Å²) in [4.78, 5) is 4.32. The van der Waals surface area contributed by atoms with Gasteiger partial charge in [-0.3, -0.25) is 4.98 Å². The molecule has 0 unspecified atom stereocenters. The van der Waals surface area contributed by atoms with Gasteiger partial charge in [-0.05, 0) is 18.9 Å². The molecule has 0 aromatic carbocycles. The summed E-state index contributed by atoms with van der Waals surface area (Å²) in [5.41, 5.74) is 8.58. The number of hydrogen-bond acceptors (Lipinski definition) is 3. The highest BCUT2D eigenvalue weighted by molar-refractivity contribution is 5.85. The van der Waals surface area contributed by atoms with E-state index in [-0.39, 0.29) is 12.4 Å². The number of hydrogen-bond donors (Lipinski definition) is 2. The minimum absolute atomic E-state index is 0. The molecule has 0 saturated carbocycles. The molecule has 3 nitrogen and oxygen atoms in total. The van der Waals surface area contributed by atoms with E-state index in [4.69, 9.17) is 5.73 Å². The van der Waals surface area contributed by atoms with E-state index in [1.165, 1.54) is 0 Å². The van der Waals surface area contributed by atoms with Gasteiger partial charge in [-0.2, -0.15) is 0 Å². The Labute approximate surface area is 91.5 Å². The number of nitrogen functional groups attached to an aromatic ring is 1. The second-order valence-electron chi connectivity index (χ2n) is 3.38. The molecular formula is C10H18ClN3. The van der Waals surface area contributed by atoms with Gasteiger partial charge in [0, 0.05) is 12.2 Å². The molecule has 0 radical (unpaired) electrons. The molecular weight excluding hydrogens is 198 g/mol. The lowest BCUT2D eigenvalue weighted by molar-refractivity contribution is 0.824. The average molecular weight is 216 g/mol. The summed E-state index contributed by atoms with van der Waals surface area (Å²) in [7, 11) is 0. The van der Waals surface area contributed by atoms with Crippen molar-refractivity contribution in [1.82, 2.24) is 4.98 Å². The molecule has 0 bridgehead atoms. The van der Waals surface area contributed by atoms with Gasteiger partial charge in [0.15, 0.2) is 0 Å². The summed E-state index contributed by atoms with van der Waals surface area (Å²) >= 11 is 0. The molecule has 0 atom stereocenters. The van der Waals surface area contributed by atoms with Gasteiger partial charge >= 0.3 is 0 Å². The molecule has 14 heavy (non-hydrogen) atoms. The average Bonchev–Trinajstić information content (AvgIpc) is 2.08. The van der Waals surface area contributed by atoms with Crippen LogP contribution in [0, 0.1) is 0 Å². The van der Waals surface area contributed by atoms with Crippen LogP contribution >= 0.6 is 12.4 Å². The smallest absolute Gasteiger partial charge is 0.0760 e. The van der Waals surface area contributed by atoms with E-state index in [9.17, 15) is 0 Å². The van der Waals surface area contributed by atoms with Crippen molar-refractivity contribution in [3.8, 4) is 0 Å². The zero-order valence-corrected chi connectivity index (χ0v) is 9.69. The van der Waals surface area contributed by atoms with E-state index >= 15 is 0 Å². The SMILES string of the molecule is CCNc1cnc(C(C)C)cc1N.Cl. The normalized spacial score (nSPS) is 9.71. The van der Waals surface area contributed by atoms with Gasteiger partial charge in [-0.25, -0.2) is 0 Å². The van der Waals surface area contributed by atoms with Crippen LogP contribution in [0.2, 0.25) is 0 Å². The first-order valence-electron chi connectivity index (χ1n) is 4.64. The summed E-state index contributed by atoms with van der Waals surface area (Å²) in [5.74, 6) is 0.429. The number of pyridine rings is 1. The Morgan fingerprint density at radius 2 is 2.14 bits per heavy atom. The Morgan fingerprint density at radius 3 is 2.57 bits per heavy atom. The fourth-order valence-corrected chi connectivity index (χ4v) is 1.14. The molecule has 3 N–H and O–H groups in total. The first-order chi connectivity index (χ1) is 6.15. The Balaban J connectivity index is 0.00000169. The van der Waals surface area contributed by atoms with Crippen molar-refractivity contribution in [1.29, 1.82) is 0 Å². The van der Waals surface area contributed by atoms with E-state index < -0.39 is 0 Å². The monoisotopic (exact) mass is 215 g/mol. The van der Waals surface area contributed by atoms with Crippen LogP contribution in [0.1, 0.15) is 32.4 Å². The van der Waals surface area contributed by atoms with Crippen molar-refractivity contribution >= 4 is 23.8 Å². The van der Waals surface area contributed by atoms with Crippen molar-refractivity contribution in [2.45, 2.75) is 26.7 Å². The highest BCUT2D eigenvalue weighted by Crippen LogP contribution is 2.21. The quantitative estimate of drug-likeness (QED) is 0.815. The standard InChI is InChI=1S/C10H17N3.ClH/c1-4-12-10-6-13-9(7(2)3)5-8(10)11;/h5-7,12H,4H2,1-3H3,(H2,11,13);1H. The van der Waals surface area contributed by atoms with Crippen LogP contribution in [-0.2, 0) is 0 Å². The van der Waals surface area contributed by atoms with Gasteiger partial charge in [0.2, 0.25) is 0 Å². The molecule has 0 saturated heterocycles. The first kappa shape index (κ1) is 13.0. The number of halogens is 1. The molecule has 0 spiro atoms. The second-order valence-corrected chi connectivity index (χ2v) is 3.38. The Morgan fingerprint density at radius 1 is 1.50 bits per heavy atom. The Kier molecular flexibility index (Phi) is 5.31. The number of nitrogens with one attached hydrogen (secondary N) is 1. The molecule has 0 aliphatic carbocycles. The van der Waals surface area contributed by atoms with E-state index in [0.29, 0.717) is 5.92 Å². The number of nitrogens with two attached hydrogens (primary N) is 1. The predicted molar refractivity (Wildman–Crippen MR) is 64.2 cm³/mol. The molecule has 1 rings (SSSR count). The van der Waals surface area contributed by atoms with E-state index in [1.807, 2.05) is 13.0 Å². The molecule has 1 heterocycles. The fraction of sp³-hybridized carbons (Fsp3) is 0.500. The highest BCUT2D eigenvalue weighted by atomic mass is 35.5. The minimum atomic E-state index is 0. The second kappa shape index (κ2) is 5.70. The number of nitrogens with zero attached hydrogens (tertiary/aromatic N) is 1.